The fourth-order valence-corrected chi connectivity index (χ4v) is 0.755. The lowest BCUT2D eigenvalue weighted by Crippen LogP contribution is -2.02. The van der Waals surface area contributed by atoms with Crippen LogP contribution in [-0.4, -0.2) is 11.1 Å². The molecular formula is C8H6F2O3. The molecule has 0 heterocycles. The summed E-state index contributed by atoms with van der Waals surface area (Å²) >= 11 is 0. The summed E-state index contributed by atoms with van der Waals surface area (Å²) in [5, 5.41) is 8.98. The first-order valence-corrected chi connectivity index (χ1v) is 3.37. The van der Waals surface area contributed by atoms with E-state index in [0.717, 1.165) is 6.92 Å². The average Bonchev–Trinajstić information content (AvgIpc) is 1.99. The number of rotatable bonds is 1. The molecule has 0 aromatic heterocycles. The van der Waals surface area contributed by atoms with Crippen molar-refractivity contribution in [2.24, 2.45) is 0 Å². The second kappa shape index (κ2) is 3.38. The van der Waals surface area contributed by atoms with Crippen molar-refractivity contribution in [1.29, 1.82) is 0 Å². The number of phenols is 1. The third kappa shape index (κ3) is 2.14. The van der Waals surface area contributed by atoms with Crippen molar-refractivity contribution in [3.05, 3.63) is 23.8 Å². The Morgan fingerprint density at radius 2 is 1.92 bits per heavy atom. The number of aromatic hydroxyl groups is 1. The molecule has 0 spiro atoms. The number of halogens is 2. The van der Waals surface area contributed by atoms with E-state index in [4.69, 9.17) is 5.11 Å². The first-order chi connectivity index (χ1) is 6.00. The summed E-state index contributed by atoms with van der Waals surface area (Å²) in [5.41, 5.74) is 0. The van der Waals surface area contributed by atoms with Gasteiger partial charge in [-0.1, -0.05) is 0 Å². The number of hydrogen-bond donors (Lipinski definition) is 1. The number of hydrogen-bond acceptors (Lipinski definition) is 3. The van der Waals surface area contributed by atoms with Crippen LogP contribution in [0.5, 0.6) is 11.5 Å². The predicted octanol–water partition coefficient (Wildman–Crippen LogP) is 1.60. The SMILES string of the molecule is CC(=O)Oc1cc(F)c(F)cc1O. The minimum atomic E-state index is -1.20. The van der Waals surface area contributed by atoms with E-state index in [1.165, 1.54) is 0 Å². The molecule has 0 fully saturated rings. The second-order valence-electron chi connectivity index (χ2n) is 2.33. The van der Waals surface area contributed by atoms with Crippen LogP contribution in [0.3, 0.4) is 0 Å². The van der Waals surface area contributed by atoms with Gasteiger partial charge in [-0.3, -0.25) is 4.79 Å². The zero-order chi connectivity index (χ0) is 10.0. The minimum Gasteiger partial charge on any atom is -0.504 e. The highest BCUT2D eigenvalue weighted by Gasteiger charge is 2.11. The molecule has 0 saturated carbocycles. The lowest BCUT2D eigenvalue weighted by atomic mass is 10.3. The van der Waals surface area contributed by atoms with Gasteiger partial charge in [-0.25, -0.2) is 8.78 Å². The largest absolute Gasteiger partial charge is 0.504 e. The van der Waals surface area contributed by atoms with Gasteiger partial charge in [-0.2, -0.15) is 0 Å². The van der Waals surface area contributed by atoms with Crippen molar-refractivity contribution in [1.82, 2.24) is 0 Å². The molecule has 0 bridgehead atoms. The number of esters is 1. The standard InChI is InChI=1S/C8H6F2O3/c1-4(11)13-8-3-6(10)5(9)2-7(8)12/h2-3,12H,1H3. The molecule has 0 atom stereocenters. The minimum absolute atomic E-state index is 0.397. The van der Waals surface area contributed by atoms with Crippen LogP contribution >= 0.6 is 0 Å². The molecule has 1 N–H and O–H groups in total. The molecular weight excluding hydrogens is 182 g/mol. The molecule has 1 aromatic carbocycles. The molecule has 5 heteroatoms. The topological polar surface area (TPSA) is 46.5 Å². The van der Waals surface area contributed by atoms with Gasteiger partial charge in [-0.15, -0.1) is 0 Å². The third-order valence-corrected chi connectivity index (χ3v) is 1.26. The Labute approximate surface area is 72.6 Å². The Kier molecular flexibility index (Phi) is 2.46. The summed E-state index contributed by atoms with van der Waals surface area (Å²) < 4.78 is 29.3. The van der Waals surface area contributed by atoms with Crippen LogP contribution in [0.4, 0.5) is 8.78 Å². The molecule has 0 radical (unpaired) electrons. The summed E-state index contributed by atoms with van der Waals surface area (Å²) in [7, 11) is 0. The number of phenolic OH excluding ortho intramolecular Hbond substituents is 1. The zero-order valence-corrected chi connectivity index (χ0v) is 6.67. The molecule has 70 valence electrons. The van der Waals surface area contributed by atoms with Gasteiger partial charge < -0.3 is 9.84 Å². The molecule has 3 nitrogen and oxygen atoms in total. The Bertz CT molecular complexity index is 349. The van der Waals surface area contributed by atoms with Crippen LogP contribution < -0.4 is 4.74 Å². The van der Waals surface area contributed by atoms with Crippen molar-refractivity contribution in [3.8, 4) is 11.5 Å². The van der Waals surface area contributed by atoms with E-state index in [9.17, 15) is 13.6 Å². The maximum atomic E-state index is 12.5. The monoisotopic (exact) mass is 188 g/mol. The maximum Gasteiger partial charge on any atom is 0.308 e. The molecule has 1 aromatic rings. The molecule has 13 heavy (non-hydrogen) atoms. The molecule has 0 aliphatic rings. The van der Waals surface area contributed by atoms with Gasteiger partial charge in [0.25, 0.3) is 0 Å². The van der Waals surface area contributed by atoms with Crippen LogP contribution in [0.2, 0.25) is 0 Å². The summed E-state index contributed by atoms with van der Waals surface area (Å²) in [6, 6.07) is 1.14. The van der Waals surface area contributed by atoms with E-state index in [-0.39, 0.29) is 0 Å². The fraction of sp³-hybridized carbons (Fsp3) is 0.125. The van der Waals surface area contributed by atoms with E-state index in [1.54, 1.807) is 0 Å². The number of benzene rings is 1. The highest BCUT2D eigenvalue weighted by atomic mass is 19.2. The van der Waals surface area contributed by atoms with Crippen LogP contribution in [0, 0.1) is 11.6 Å². The lowest BCUT2D eigenvalue weighted by molar-refractivity contribution is -0.132. The average molecular weight is 188 g/mol. The summed E-state index contributed by atoms with van der Waals surface area (Å²) in [6.45, 7) is 1.08. The van der Waals surface area contributed by atoms with E-state index in [2.05, 4.69) is 4.74 Å². The smallest absolute Gasteiger partial charge is 0.308 e. The van der Waals surface area contributed by atoms with Crippen molar-refractivity contribution >= 4 is 5.97 Å². The van der Waals surface area contributed by atoms with E-state index in [1.807, 2.05) is 0 Å². The highest BCUT2D eigenvalue weighted by Crippen LogP contribution is 2.28. The Balaban J connectivity index is 3.08. The lowest BCUT2D eigenvalue weighted by Gasteiger charge is -2.03. The van der Waals surface area contributed by atoms with Gasteiger partial charge in [-0.05, 0) is 0 Å². The Morgan fingerprint density at radius 3 is 2.46 bits per heavy atom. The molecule has 0 aliphatic carbocycles. The van der Waals surface area contributed by atoms with Crippen LogP contribution in [0.25, 0.3) is 0 Å². The van der Waals surface area contributed by atoms with Crippen LogP contribution in [-0.2, 0) is 4.79 Å². The number of carbonyl (C=O) groups is 1. The maximum absolute atomic E-state index is 12.5. The van der Waals surface area contributed by atoms with Gasteiger partial charge in [0.2, 0.25) is 0 Å². The van der Waals surface area contributed by atoms with E-state index < -0.39 is 29.1 Å². The normalized spacial score (nSPS) is 9.77. The van der Waals surface area contributed by atoms with Crippen molar-refractivity contribution in [3.63, 3.8) is 0 Å². The predicted molar refractivity (Wildman–Crippen MR) is 39.3 cm³/mol. The second-order valence-corrected chi connectivity index (χ2v) is 2.33. The summed E-state index contributed by atoms with van der Waals surface area (Å²) in [5.74, 6) is -4.12. The number of ether oxygens (including phenoxy) is 1. The molecule has 0 unspecified atom stereocenters. The van der Waals surface area contributed by atoms with Crippen molar-refractivity contribution in [2.75, 3.05) is 0 Å². The van der Waals surface area contributed by atoms with Crippen molar-refractivity contribution in [2.45, 2.75) is 6.92 Å². The molecule has 0 amide bonds. The van der Waals surface area contributed by atoms with Gasteiger partial charge in [0, 0.05) is 19.1 Å². The Morgan fingerprint density at radius 1 is 1.38 bits per heavy atom. The summed E-state index contributed by atoms with van der Waals surface area (Å²) in [4.78, 5) is 10.4. The highest BCUT2D eigenvalue weighted by molar-refractivity contribution is 5.70. The molecule has 0 saturated heterocycles. The number of carbonyl (C=O) groups excluding carboxylic acids is 1. The first-order valence-electron chi connectivity index (χ1n) is 3.37. The quantitative estimate of drug-likeness (QED) is 0.537. The summed E-state index contributed by atoms with van der Waals surface area (Å²) in [6.07, 6.45) is 0. The molecule has 1 rings (SSSR count). The van der Waals surface area contributed by atoms with Gasteiger partial charge in [0.05, 0.1) is 0 Å². The van der Waals surface area contributed by atoms with Crippen molar-refractivity contribution < 1.29 is 23.4 Å². The zero-order valence-electron chi connectivity index (χ0n) is 6.67. The third-order valence-electron chi connectivity index (χ3n) is 1.26. The first kappa shape index (κ1) is 9.44. The van der Waals surface area contributed by atoms with Gasteiger partial charge >= 0.3 is 5.97 Å². The Hall–Kier alpha value is -1.65. The van der Waals surface area contributed by atoms with E-state index in [0.29, 0.717) is 12.1 Å². The molecule has 0 aliphatic heterocycles. The van der Waals surface area contributed by atoms with E-state index >= 15 is 0 Å². The van der Waals surface area contributed by atoms with Gasteiger partial charge in [0.1, 0.15) is 0 Å². The fourth-order valence-electron chi connectivity index (χ4n) is 0.755. The van der Waals surface area contributed by atoms with Crippen LogP contribution in [0.15, 0.2) is 12.1 Å². The van der Waals surface area contributed by atoms with Crippen LogP contribution in [0.1, 0.15) is 6.92 Å². The van der Waals surface area contributed by atoms with Gasteiger partial charge in [0.15, 0.2) is 23.1 Å².